The van der Waals surface area contributed by atoms with E-state index in [1.807, 2.05) is 24.3 Å². The second-order valence-electron chi connectivity index (χ2n) is 4.98. The molecule has 0 radical (unpaired) electrons. The highest BCUT2D eigenvalue weighted by molar-refractivity contribution is 9.10. The number of hydrogen-bond donors (Lipinski definition) is 1. The van der Waals surface area contributed by atoms with Crippen molar-refractivity contribution in [1.82, 2.24) is 9.97 Å². The van der Waals surface area contributed by atoms with Crippen LogP contribution in [0.5, 0.6) is 0 Å². The number of fused-ring (bicyclic) bond motifs is 1. The van der Waals surface area contributed by atoms with Crippen LogP contribution in [0.1, 0.15) is 5.82 Å². The fourth-order valence-corrected chi connectivity index (χ4v) is 2.64. The van der Waals surface area contributed by atoms with Crippen LogP contribution in [-0.2, 0) is 3.79 Å². The monoisotopic (exact) mass is 460 g/mol. The largest absolute Gasteiger partial charge is 0.340 e. The smallest absolute Gasteiger partial charge is 0.270 e. The molecule has 0 aliphatic rings. The van der Waals surface area contributed by atoms with E-state index in [1.54, 1.807) is 0 Å². The number of nitrogens with zero attached hydrogens (tertiary/aromatic N) is 3. The lowest BCUT2D eigenvalue weighted by Crippen LogP contribution is -2.10. The minimum Gasteiger partial charge on any atom is -0.340 e. The molecule has 6 nitrogen and oxygen atoms in total. The van der Waals surface area contributed by atoms with Crippen LogP contribution >= 0.6 is 50.7 Å². The van der Waals surface area contributed by atoms with Gasteiger partial charge in [-0.2, -0.15) is 0 Å². The summed E-state index contributed by atoms with van der Waals surface area (Å²) >= 11 is 21.1. The first-order valence-corrected chi connectivity index (χ1v) is 8.73. The van der Waals surface area contributed by atoms with Crippen molar-refractivity contribution in [3.05, 3.63) is 62.9 Å². The average Bonchev–Trinajstić information content (AvgIpc) is 2.55. The van der Waals surface area contributed by atoms with Crippen molar-refractivity contribution in [3.63, 3.8) is 0 Å². The first-order valence-electron chi connectivity index (χ1n) is 6.80. The normalized spacial score (nSPS) is 11.5. The van der Waals surface area contributed by atoms with Gasteiger partial charge < -0.3 is 5.32 Å². The Kier molecular flexibility index (Phi) is 5.02. The van der Waals surface area contributed by atoms with E-state index in [2.05, 4.69) is 31.2 Å². The summed E-state index contributed by atoms with van der Waals surface area (Å²) in [5, 5.41) is 14.6. The van der Waals surface area contributed by atoms with Crippen molar-refractivity contribution < 1.29 is 4.92 Å². The van der Waals surface area contributed by atoms with Gasteiger partial charge >= 0.3 is 0 Å². The van der Waals surface area contributed by atoms with Crippen LogP contribution < -0.4 is 5.32 Å². The van der Waals surface area contributed by atoms with Crippen molar-refractivity contribution in [2.45, 2.75) is 3.79 Å². The van der Waals surface area contributed by atoms with Gasteiger partial charge in [-0.1, -0.05) is 50.7 Å². The Morgan fingerprint density at radius 1 is 1.08 bits per heavy atom. The lowest BCUT2D eigenvalue weighted by Gasteiger charge is -2.14. The van der Waals surface area contributed by atoms with E-state index in [9.17, 15) is 10.1 Å². The third-order valence-electron chi connectivity index (χ3n) is 3.25. The Hall–Kier alpha value is -1.67. The molecule has 0 saturated carbocycles. The first-order chi connectivity index (χ1) is 11.7. The second-order valence-corrected chi connectivity index (χ2v) is 8.18. The minimum absolute atomic E-state index is 0.0292. The van der Waals surface area contributed by atoms with Crippen LogP contribution in [0, 0.1) is 10.1 Å². The van der Waals surface area contributed by atoms with E-state index in [0.29, 0.717) is 22.4 Å². The Morgan fingerprint density at radius 3 is 2.36 bits per heavy atom. The molecule has 0 amide bonds. The van der Waals surface area contributed by atoms with E-state index < -0.39 is 8.72 Å². The van der Waals surface area contributed by atoms with E-state index in [4.69, 9.17) is 34.8 Å². The maximum absolute atomic E-state index is 11.1. The van der Waals surface area contributed by atoms with E-state index in [0.717, 1.165) is 4.47 Å². The number of non-ortho nitro benzene ring substituents is 1. The van der Waals surface area contributed by atoms with Crippen molar-refractivity contribution in [2.24, 2.45) is 0 Å². The summed E-state index contributed by atoms with van der Waals surface area (Å²) in [5.41, 5.74) is 1.04. The second kappa shape index (κ2) is 6.92. The summed E-state index contributed by atoms with van der Waals surface area (Å²) in [7, 11) is 0. The number of rotatable bonds is 3. The lowest BCUT2D eigenvalue weighted by atomic mass is 10.2. The fraction of sp³-hybridized carbons (Fsp3) is 0.0667. The Morgan fingerprint density at radius 2 is 1.76 bits per heavy atom. The molecule has 2 aromatic carbocycles. The SMILES string of the molecule is O=[N+]([O-])c1ccc2nc(C(Cl)(Cl)Cl)nc(Nc3ccc(Br)cc3)c2c1. The van der Waals surface area contributed by atoms with Gasteiger partial charge in [0.25, 0.3) is 5.69 Å². The molecule has 1 heterocycles. The summed E-state index contributed by atoms with van der Waals surface area (Å²) in [6.07, 6.45) is 0. The van der Waals surface area contributed by atoms with Gasteiger partial charge in [0.2, 0.25) is 3.79 Å². The van der Waals surface area contributed by atoms with E-state index in [1.165, 1.54) is 18.2 Å². The number of benzene rings is 2. The Balaban J connectivity index is 2.18. The molecule has 0 bridgehead atoms. The van der Waals surface area contributed by atoms with Crippen molar-refractivity contribution >= 4 is 78.8 Å². The number of aromatic nitrogens is 2. The molecule has 0 atom stereocenters. The van der Waals surface area contributed by atoms with Crippen molar-refractivity contribution in [3.8, 4) is 0 Å². The number of hydrogen-bond acceptors (Lipinski definition) is 5. The number of alkyl halides is 3. The Bertz CT molecular complexity index is 961. The highest BCUT2D eigenvalue weighted by Crippen LogP contribution is 2.38. The zero-order chi connectivity index (χ0) is 18.2. The molecule has 3 rings (SSSR count). The molecule has 0 fully saturated rings. The van der Waals surface area contributed by atoms with E-state index in [-0.39, 0.29) is 11.5 Å². The molecule has 0 saturated heterocycles. The van der Waals surface area contributed by atoms with Crippen LogP contribution in [-0.4, -0.2) is 14.9 Å². The van der Waals surface area contributed by atoms with Crippen LogP contribution in [0.25, 0.3) is 10.9 Å². The fourth-order valence-electron chi connectivity index (χ4n) is 2.12. The quantitative estimate of drug-likeness (QED) is 0.299. The highest BCUT2D eigenvalue weighted by Gasteiger charge is 2.28. The molecular weight excluding hydrogens is 454 g/mol. The highest BCUT2D eigenvalue weighted by atomic mass is 79.9. The molecule has 1 aromatic heterocycles. The summed E-state index contributed by atoms with van der Waals surface area (Å²) in [5.74, 6) is 0.274. The van der Waals surface area contributed by atoms with Gasteiger partial charge in [0.15, 0.2) is 5.82 Å². The van der Waals surface area contributed by atoms with Gasteiger partial charge in [-0.15, -0.1) is 0 Å². The van der Waals surface area contributed by atoms with Crippen molar-refractivity contribution in [2.75, 3.05) is 5.32 Å². The summed E-state index contributed by atoms with van der Waals surface area (Å²) in [6, 6.07) is 11.5. The molecule has 0 aliphatic heterocycles. The number of nitro groups is 1. The van der Waals surface area contributed by atoms with Gasteiger partial charge in [-0.25, -0.2) is 9.97 Å². The molecule has 0 spiro atoms. The van der Waals surface area contributed by atoms with Gasteiger partial charge in [-0.05, 0) is 30.3 Å². The molecule has 0 unspecified atom stereocenters. The zero-order valence-electron chi connectivity index (χ0n) is 12.2. The first kappa shape index (κ1) is 18.1. The van der Waals surface area contributed by atoms with Crippen LogP contribution in [0.15, 0.2) is 46.9 Å². The summed E-state index contributed by atoms with van der Waals surface area (Å²) < 4.78 is -0.922. The average molecular weight is 463 g/mol. The number of anilines is 2. The third kappa shape index (κ3) is 4.12. The predicted octanol–water partition coefficient (Wildman–Crippen LogP) is 5.87. The van der Waals surface area contributed by atoms with Gasteiger partial charge in [0, 0.05) is 27.7 Å². The molecule has 25 heavy (non-hydrogen) atoms. The summed E-state index contributed by atoms with van der Waals surface area (Å²) in [6.45, 7) is 0. The topological polar surface area (TPSA) is 81.0 Å². The van der Waals surface area contributed by atoms with Crippen molar-refractivity contribution in [1.29, 1.82) is 0 Å². The molecular formula is C15H8BrCl3N4O2. The predicted molar refractivity (Wildman–Crippen MR) is 103 cm³/mol. The standard InChI is InChI=1S/C15H8BrCl3N4O2/c16-8-1-3-9(4-2-8)20-13-11-7-10(23(24)25)5-6-12(11)21-14(22-13)15(17,18)19/h1-7H,(H,20,21,22). The van der Waals surface area contributed by atoms with Gasteiger partial charge in [-0.3, -0.25) is 10.1 Å². The van der Waals surface area contributed by atoms with Gasteiger partial charge in [0.05, 0.1) is 10.4 Å². The molecule has 128 valence electrons. The maximum atomic E-state index is 11.1. The van der Waals surface area contributed by atoms with Gasteiger partial charge in [0.1, 0.15) is 5.82 Å². The van der Waals surface area contributed by atoms with Crippen LogP contribution in [0.3, 0.4) is 0 Å². The molecule has 1 N–H and O–H groups in total. The minimum atomic E-state index is -1.83. The molecule has 0 aliphatic carbocycles. The van der Waals surface area contributed by atoms with Crippen LogP contribution in [0.4, 0.5) is 17.2 Å². The number of halogens is 4. The molecule has 10 heteroatoms. The molecule has 3 aromatic rings. The number of nitro benzene ring substituents is 1. The number of nitrogens with one attached hydrogen (secondary N) is 1. The Labute approximate surface area is 165 Å². The maximum Gasteiger partial charge on any atom is 0.270 e. The summed E-state index contributed by atoms with van der Waals surface area (Å²) in [4.78, 5) is 19.0. The third-order valence-corrected chi connectivity index (χ3v) is 4.29. The lowest BCUT2D eigenvalue weighted by molar-refractivity contribution is -0.384. The van der Waals surface area contributed by atoms with Crippen LogP contribution in [0.2, 0.25) is 0 Å². The van der Waals surface area contributed by atoms with E-state index >= 15 is 0 Å². The zero-order valence-corrected chi connectivity index (χ0v) is 16.1.